The van der Waals surface area contributed by atoms with Gasteiger partial charge in [-0.15, -0.1) is 10.2 Å². The Morgan fingerprint density at radius 3 is 2.52 bits per heavy atom. The normalized spacial score (nSPS) is 26.9. The van der Waals surface area contributed by atoms with Gasteiger partial charge in [0.1, 0.15) is 17.8 Å². The molecule has 266 valence electrons. The molecule has 14 nitrogen and oxygen atoms in total. The van der Waals surface area contributed by atoms with Gasteiger partial charge >= 0.3 is 0 Å². The van der Waals surface area contributed by atoms with E-state index in [2.05, 4.69) is 29.0 Å². The van der Waals surface area contributed by atoms with Crippen molar-refractivity contribution in [3.8, 4) is 5.88 Å². The van der Waals surface area contributed by atoms with Crippen LogP contribution in [0, 0.1) is 18.3 Å². The predicted molar refractivity (Wildman–Crippen MR) is 186 cm³/mol. The number of ether oxygens (including phenoxy) is 2. The van der Waals surface area contributed by atoms with E-state index in [0.29, 0.717) is 67.4 Å². The number of aromatic amines is 1. The van der Waals surface area contributed by atoms with Crippen LogP contribution in [0.4, 0.5) is 5.69 Å². The monoisotopic (exact) mass is 686 g/mol. The lowest BCUT2D eigenvalue weighted by atomic mass is 9.36. The van der Waals surface area contributed by atoms with E-state index < -0.39 is 0 Å². The summed E-state index contributed by atoms with van der Waals surface area (Å²) in [5.74, 6) is 0.266. The van der Waals surface area contributed by atoms with Crippen molar-refractivity contribution in [3.63, 3.8) is 0 Å². The van der Waals surface area contributed by atoms with Crippen LogP contribution >= 0.6 is 0 Å². The fourth-order valence-corrected chi connectivity index (χ4v) is 9.25. The molecule has 6 aliphatic rings. The molecular weight excluding hydrogens is 640 g/mol. The van der Waals surface area contributed by atoms with Gasteiger partial charge in [-0.25, -0.2) is 0 Å². The van der Waals surface area contributed by atoms with Crippen molar-refractivity contribution in [2.75, 3.05) is 38.3 Å². The maximum atomic E-state index is 14.6. The topological polar surface area (TPSA) is 157 Å². The van der Waals surface area contributed by atoms with E-state index in [4.69, 9.17) is 19.7 Å². The molecule has 2 atom stereocenters. The summed E-state index contributed by atoms with van der Waals surface area (Å²) < 4.78 is 12.8. The Kier molecular flexibility index (Phi) is 7.73. The molecule has 0 spiro atoms. The molecule has 9 rings (SSSR count). The Balaban J connectivity index is 1.15. The van der Waals surface area contributed by atoms with Crippen molar-refractivity contribution in [1.82, 2.24) is 34.8 Å². The van der Waals surface area contributed by atoms with Gasteiger partial charge in [0.15, 0.2) is 11.2 Å². The van der Waals surface area contributed by atoms with E-state index in [1.165, 1.54) is 11.9 Å². The van der Waals surface area contributed by atoms with Crippen LogP contribution in [-0.2, 0) is 22.5 Å². The summed E-state index contributed by atoms with van der Waals surface area (Å²) in [4.78, 5) is 63.7. The summed E-state index contributed by atoms with van der Waals surface area (Å²) in [6.07, 6.45) is 9.10. The van der Waals surface area contributed by atoms with Crippen molar-refractivity contribution in [1.29, 1.82) is 0 Å². The van der Waals surface area contributed by atoms with E-state index in [0.717, 1.165) is 43.5 Å². The first-order chi connectivity index (χ1) is 24.0. The van der Waals surface area contributed by atoms with Gasteiger partial charge in [-0.1, -0.05) is 20.8 Å². The number of aryl methyl sites for hydroxylation is 1. The van der Waals surface area contributed by atoms with Crippen molar-refractivity contribution in [2.24, 2.45) is 11.3 Å². The highest BCUT2D eigenvalue weighted by molar-refractivity contribution is 5.97. The fraction of sp³-hybridized carbons (Fsp3) is 0.611. The molecule has 0 radical (unpaired) electrons. The van der Waals surface area contributed by atoms with Gasteiger partial charge in [-0.2, -0.15) is 4.80 Å². The number of methoxy groups -OCH3 is 1. The van der Waals surface area contributed by atoms with Gasteiger partial charge in [0.25, 0.3) is 5.91 Å². The summed E-state index contributed by atoms with van der Waals surface area (Å²) in [5, 5.41) is 12.9. The molecule has 2 bridgehead atoms. The van der Waals surface area contributed by atoms with Gasteiger partial charge in [0, 0.05) is 48.5 Å². The van der Waals surface area contributed by atoms with E-state index in [1.54, 1.807) is 18.0 Å². The Bertz CT molecular complexity index is 2040. The summed E-state index contributed by atoms with van der Waals surface area (Å²) in [5.41, 5.74) is 2.75. The van der Waals surface area contributed by atoms with Gasteiger partial charge in [0.2, 0.25) is 22.6 Å². The predicted octanol–water partition coefficient (Wildman–Crippen LogP) is 2.61. The number of amides is 2. The third-order valence-electron chi connectivity index (χ3n) is 12.2. The molecule has 2 amide bonds. The van der Waals surface area contributed by atoms with Crippen LogP contribution in [0.2, 0.25) is 0 Å². The van der Waals surface area contributed by atoms with E-state index >= 15 is 0 Å². The number of fused-ring (bicyclic) bond motifs is 2. The highest BCUT2D eigenvalue weighted by Crippen LogP contribution is 2.70. The molecule has 2 N–H and O–H groups in total. The maximum absolute atomic E-state index is 14.6. The number of carbonyl (C=O) groups excluding carboxylic acids is 2. The molecular formula is C36H46N8O6. The maximum Gasteiger partial charge on any atom is 0.263 e. The Hall–Kier alpha value is -4.46. The second kappa shape index (κ2) is 11.8. The highest BCUT2D eigenvalue weighted by atomic mass is 16.5. The number of hydrogen-bond acceptors (Lipinski definition) is 9. The SMILES string of the molecule is CCc1c(N2CCN(C(=O)c3c(OC)[nH]cc(C)c3=O)[C@H]3CC[C@@H]32)c(=O)c2nn(C3=CCOCC3)nc2n1CC(=O)NC12CC(C(C)C)(C1)C2. The van der Waals surface area contributed by atoms with Crippen molar-refractivity contribution < 1.29 is 19.1 Å². The van der Waals surface area contributed by atoms with Gasteiger partial charge in [-0.3, -0.25) is 19.2 Å². The van der Waals surface area contributed by atoms with Crippen LogP contribution in [0.3, 0.4) is 0 Å². The van der Waals surface area contributed by atoms with Crippen molar-refractivity contribution in [3.05, 3.63) is 49.5 Å². The minimum atomic E-state index is -0.373. The number of rotatable bonds is 9. The zero-order chi connectivity index (χ0) is 35.1. The number of nitrogens with one attached hydrogen (secondary N) is 2. The molecule has 5 fully saturated rings. The first-order valence-corrected chi connectivity index (χ1v) is 17.9. The molecule has 3 aromatic rings. The number of anilines is 1. The first kappa shape index (κ1) is 32.7. The Labute approximate surface area is 289 Å². The number of nitrogens with zero attached hydrogens (tertiary/aromatic N) is 6. The summed E-state index contributed by atoms with van der Waals surface area (Å²) in [7, 11) is 1.43. The van der Waals surface area contributed by atoms with Gasteiger partial charge < -0.3 is 34.1 Å². The molecule has 50 heavy (non-hydrogen) atoms. The Morgan fingerprint density at radius 2 is 1.88 bits per heavy atom. The molecule has 4 saturated carbocycles. The Morgan fingerprint density at radius 1 is 1.12 bits per heavy atom. The molecule has 14 heteroatoms. The van der Waals surface area contributed by atoms with E-state index in [9.17, 15) is 19.2 Å². The average molecular weight is 687 g/mol. The molecule has 5 heterocycles. The van der Waals surface area contributed by atoms with Crippen LogP contribution in [0.15, 0.2) is 21.9 Å². The molecule has 0 aromatic carbocycles. The van der Waals surface area contributed by atoms with Crippen LogP contribution in [0.5, 0.6) is 5.88 Å². The average Bonchev–Trinajstić information content (AvgIpc) is 3.51. The second-order valence-corrected chi connectivity index (χ2v) is 15.2. The van der Waals surface area contributed by atoms with E-state index in [-0.39, 0.29) is 63.8 Å². The third-order valence-corrected chi connectivity index (χ3v) is 12.2. The standard InChI is InChI=1S/C36H46N8O6/c1-6-23-29(41-11-12-42(25-8-7-24(25)41)34(48)27-30(46)21(4)15-37-33(27)49-5)31(47)28-32(40-44(39-28)22-9-13-50-14-10-22)43(23)16-26(45)38-36-17-35(18-36,19-36)20(2)3/h9,15,20,24-25H,6-8,10-14,16-19H2,1-5H3,(H,37,46)(H,38,45)/t24-,25-,35?,36?/m0/s1. The number of piperazine rings is 1. The zero-order valence-corrected chi connectivity index (χ0v) is 29.5. The first-order valence-electron chi connectivity index (χ1n) is 17.9. The van der Waals surface area contributed by atoms with Gasteiger partial charge in [0.05, 0.1) is 32.1 Å². The number of hydrogen-bond donors (Lipinski definition) is 2. The molecule has 4 aliphatic carbocycles. The van der Waals surface area contributed by atoms with Crippen LogP contribution in [0.25, 0.3) is 16.9 Å². The summed E-state index contributed by atoms with van der Waals surface area (Å²) >= 11 is 0. The van der Waals surface area contributed by atoms with Crippen molar-refractivity contribution in [2.45, 2.75) is 96.8 Å². The number of aromatic nitrogens is 5. The van der Waals surface area contributed by atoms with Crippen LogP contribution < -0.4 is 25.8 Å². The third kappa shape index (κ3) is 4.84. The zero-order valence-electron chi connectivity index (χ0n) is 29.5. The number of carbonyl (C=O) groups is 2. The van der Waals surface area contributed by atoms with Crippen molar-refractivity contribution >= 4 is 34.4 Å². The molecule has 3 aromatic heterocycles. The smallest absolute Gasteiger partial charge is 0.263 e. The lowest BCUT2D eigenvalue weighted by molar-refractivity contribution is -0.187. The fourth-order valence-electron chi connectivity index (χ4n) is 9.25. The van der Waals surface area contributed by atoms with Gasteiger partial charge in [-0.05, 0) is 62.9 Å². The van der Waals surface area contributed by atoms with E-state index in [1.807, 2.05) is 17.6 Å². The quantitative estimate of drug-likeness (QED) is 0.346. The minimum absolute atomic E-state index is 0.00213. The lowest BCUT2D eigenvalue weighted by Crippen LogP contribution is -2.76. The number of H-pyrrole nitrogens is 1. The van der Waals surface area contributed by atoms with Crippen LogP contribution in [0.1, 0.15) is 80.9 Å². The molecule has 2 aliphatic heterocycles. The van der Waals surface area contributed by atoms with Crippen LogP contribution in [-0.4, -0.2) is 92.3 Å². The lowest BCUT2D eigenvalue weighted by Gasteiger charge is -2.72. The minimum Gasteiger partial charge on any atom is -0.482 e. The molecule has 0 unspecified atom stereocenters. The second-order valence-electron chi connectivity index (χ2n) is 15.2. The summed E-state index contributed by atoms with van der Waals surface area (Å²) in [6.45, 7) is 9.88. The molecule has 1 saturated heterocycles. The largest absolute Gasteiger partial charge is 0.482 e. The number of pyridine rings is 2. The summed E-state index contributed by atoms with van der Waals surface area (Å²) in [6, 6.07) is -0.334. The highest BCUT2D eigenvalue weighted by Gasteiger charge is 2.69.